The number of carbonyl (C=O) groups is 2. The third-order valence-corrected chi connectivity index (χ3v) is 2.45. The Balaban J connectivity index is 2.61. The van der Waals surface area contributed by atoms with Crippen molar-refractivity contribution in [2.75, 3.05) is 0 Å². The van der Waals surface area contributed by atoms with Gasteiger partial charge in [-0.3, -0.25) is 4.79 Å². The molecule has 0 atom stereocenters. The summed E-state index contributed by atoms with van der Waals surface area (Å²) in [5.74, 6) is -1.65. The fourth-order valence-electron chi connectivity index (χ4n) is 1.37. The van der Waals surface area contributed by atoms with Crippen molar-refractivity contribution >= 4 is 12.1 Å². The van der Waals surface area contributed by atoms with Crippen LogP contribution in [0.3, 0.4) is 0 Å². The summed E-state index contributed by atoms with van der Waals surface area (Å²) in [6, 6.07) is 4.02. The van der Waals surface area contributed by atoms with Crippen molar-refractivity contribution < 1.29 is 23.5 Å². The highest BCUT2D eigenvalue weighted by atomic mass is 19.1. The van der Waals surface area contributed by atoms with Crippen LogP contribution in [0.1, 0.15) is 33.3 Å². The highest BCUT2D eigenvalue weighted by Crippen LogP contribution is 2.20. The summed E-state index contributed by atoms with van der Waals surface area (Å²) >= 11 is 0. The minimum Gasteiger partial charge on any atom is -0.445 e. The van der Waals surface area contributed by atoms with Gasteiger partial charge in [-0.25, -0.2) is 9.18 Å². The molecular weight excluding hydrogens is 277 g/mol. The third-order valence-electron chi connectivity index (χ3n) is 2.45. The van der Waals surface area contributed by atoms with Crippen LogP contribution < -0.4 is 10.1 Å². The van der Waals surface area contributed by atoms with Gasteiger partial charge >= 0.3 is 12.1 Å². The lowest BCUT2D eigenvalue weighted by atomic mass is 10.2. The largest absolute Gasteiger partial charge is 0.445 e. The number of hydrogen-bond donors (Lipinski definition) is 1. The highest BCUT2D eigenvalue weighted by molar-refractivity contribution is 5.74. The predicted octanol–water partition coefficient (Wildman–Crippen LogP) is 3.02. The minimum absolute atomic E-state index is 0.0351. The molecular formula is C15H20FNO4. The second-order valence-corrected chi connectivity index (χ2v) is 5.22. The number of carbonyl (C=O) groups excluding carboxylic acids is 2. The van der Waals surface area contributed by atoms with E-state index in [1.807, 2.05) is 0 Å². The molecule has 1 rings (SSSR count). The molecule has 0 aromatic heterocycles. The van der Waals surface area contributed by atoms with Crippen molar-refractivity contribution in [1.82, 2.24) is 5.32 Å². The average Bonchev–Trinajstić information content (AvgIpc) is 2.38. The number of hydrogen-bond acceptors (Lipinski definition) is 4. The van der Waals surface area contributed by atoms with Gasteiger partial charge in [0.1, 0.15) is 6.61 Å². The molecule has 0 saturated heterocycles. The van der Waals surface area contributed by atoms with Gasteiger partial charge in [-0.05, 0) is 31.5 Å². The van der Waals surface area contributed by atoms with E-state index in [1.54, 1.807) is 27.7 Å². The molecule has 0 bridgehead atoms. The SMILES string of the molecule is CC(C)NC(=O)OCc1ccc(OC(=O)C(C)C)c(F)c1. The van der Waals surface area contributed by atoms with Gasteiger partial charge in [0, 0.05) is 6.04 Å². The van der Waals surface area contributed by atoms with Crippen molar-refractivity contribution in [2.24, 2.45) is 5.92 Å². The maximum Gasteiger partial charge on any atom is 0.407 e. The first kappa shape index (κ1) is 16.9. The standard InChI is InChI=1S/C15H20FNO4/c1-9(2)14(18)21-13-6-5-11(7-12(13)16)8-20-15(19)17-10(3)4/h5-7,9-10H,8H2,1-4H3,(H,17,19). The molecule has 0 aliphatic carbocycles. The monoisotopic (exact) mass is 297 g/mol. The molecule has 1 N–H and O–H groups in total. The summed E-state index contributed by atoms with van der Waals surface area (Å²) in [4.78, 5) is 22.7. The first-order chi connectivity index (χ1) is 9.79. The van der Waals surface area contributed by atoms with E-state index < -0.39 is 17.9 Å². The molecule has 1 amide bonds. The van der Waals surface area contributed by atoms with Gasteiger partial charge in [0.15, 0.2) is 11.6 Å². The van der Waals surface area contributed by atoms with Crippen LogP contribution in [0.25, 0.3) is 0 Å². The van der Waals surface area contributed by atoms with Crippen LogP contribution >= 0.6 is 0 Å². The van der Waals surface area contributed by atoms with Crippen LogP contribution in [0.4, 0.5) is 9.18 Å². The van der Waals surface area contributed by atoms with E-state index >= 15 is 0 Å². The number of halogens is 1. The first-order valence-electron chi connectivity index (χ1n) is 6.73. The lowest BCUT2D eigenvalue weighted by molar-refractivity contribution is -0.137. The van der Waals surface area contributed by atoms with Crippen molar-refractivity contribution in [3.63, 3.8) is 0 Å². The molecule has 0 radical (unpaired) electrons. The molecule has 0 unspecified atom stereocenters. The summed E-state index contributed by atoms with van der Waals surface area (Å²) in [6.45, 7) is 6.87. The van der Waals surface area contributed by atoms with Gasteiger partial charge in [-0.1, -0.05) is 19.9 Å². The Labute approximate surface area is 123 Å². The minimum atomic E-state index is -0.672. The maximum absolute atomic E-state index is 13.8. The second kappa shape index (κ2) is 7.61. The lowest BCUT2D eigenvalue weighted by Gasteiger charge is -2.11. The molecule has 0 heterocycles. The van der Waals surface area contributed by atoms with Crippen molar-refractivity contribution in [1.29, 1.82) is 0 Å². The normalized spacial score (nSPS) is 10.6. The van der Waals surface area contributed by atoms with Gasteiger partial charge in [0.05, 0.1) is 5.92 Å². The van der Waals surface area contributed by atoms with E-state index in [-0.39, 0.29) is 24.3 Å². The third kappa shape index (κ3) is 5.81. The van der Waals surface area contributed by atoms with Crippen LogP contribution in [-0.4, -0.2) is 18.1 Å². The van der Waals surface area contributed by atoms with Crippen molar-refractivity contribution in [3.05, 3.63) is 29.6 Å². The molecule has 6 heteroatoms. The molecule has 21 heavy (non-hydrogen) atoms. The zero-order valence-electron chi connectivity index (χ0n) is 12.6. The summed E-state index contributed by atoms with van der Waals surface area (Å²) < 4.78 is 23.6. The summed E-state index contributed by atoms with van der Waals surface area (Å²) in [5.41, 5.74) is 0.468. The fourth-order valence-corrected chi connectivity index (χ4v) is 1.37. The Morgan fingerprint density at radius 1 is 1.24 bits per heavy atom. The summed E-state index contributed by atoms with van der Waals surface area (Å²) in [7, 11) is 0. The van der Waals surface area contributed by atoms with Gasteiger partial charge in [0.25, 0.3) is 0 Å². The molecule has 0 aliphatic heterocycles. The smallest absolute Gasteiger partial charge is 0.407 e. The molecule has 1 aromatic rings. The first-order valence-corrected chi connectivity index (χ1v) is 6.73. The van der Waals surface area contributed by atoms with E-state index in [1.165, 1.54) is 18.2 Å². The fraction of sp³-hybridized carbons (Fsp3) is 0.467. The number of alkyl carbamates (subject to hydrolysis) is 1. The molecule has 0 fully saturated rings. The number of rotatable bonds is 5. The number of ether oxygens (including phenoxy) is 2. The Morgan fingerprint density at radius 2 is 1.90 bits per heavy atom. The number of benzene rings is 1. The van der Waals surface area contributed by atoms with E-state index in [0.29, 0.717) is 5.56 Å². The Hall–Kier alpha value is -2.11. The van der Waals surface area contributed by atoms with Crippen LogP contribution in [0.2, 0.25) is 0 Å². The highest BCUT2D eigenvalue weighted by Gasteiger charge is 2.14. The van der Waals surface area contributed by atoms with Crippen LogP contribution in [0, 0.1) is 11.7 Å². The number of nitrogens with one attached hydrogen (secondary N) is 1. The van der Waals surface area contributed by atoms with E-state index in [9.17, 15) is 14.0 Å². The van der Waals surface area contributed by atoms with E-state index in [4.69, 9.17) is 9.47 Å². The Bertz CT molecular complexity index is 514. The zero-order valence-corrected chi connectivity index (χ0v) is 12.6. The summed E-state index contributed by atoms with van der Waals surface area (Å²) in [6.07, 6.45) is -0.569. The van der Waals surface area contributed by atoms with Gasteiger partial charge < -0.3 is 14.8 Å². The van der Waals surface area contributed by atoms with Crippen LogP contribution in [0.15, 0.2) is 18.2 Å². The topological polar surface area (TPSA) is 64.6 Å². The summed E-state index contributed by atoms with van der Waals surface area (Å²) in [5, 5.41) is 2.55. The lowest BCUT2D eigenvalue weighted by Crippen LogP contribution is -2.30. The molecule has 5 nitrogen and oxygen atoms in total. The van der Waals surface area contributed by atoms with Gasteiger partial charge in [-0.15, -0.1) is 0 Å². The van der Waals surface area contributed by atoms with Crippen LogP contribution in [0.5, 0.6) is 5.75 Å². The zero-order chi connectivity index (χ0) is 16.0. The molecule has 0 saturated carbocycles. The van der Waals surface area contributed by atoms with Gasteiger partial charge in [0.2, 0.25) is 0 Å². The Morgan fingerprint density at radius 3 is 2.43 bits per heavy atom. The predicted molar refractivity (Wildman–Crippen MR) is 75.3 cm³/mol. The molecule has 0 spiro atoms. The van der Waals surface area contributed by atoms with Gasteiger partial charge in [-0.2, -0.15) is 0 Å². The van der Waals surface area contributed by atoms with Crippen molar-refractivity contribution in [2.45, 2.75) is 40.3 Å². The molecule has 1 aromatic carbocycles. The number of amides is 1. The maximum atomic E-state index is 13.8. The van der Waals surface area contributed by atoms with Crippen LogP contribution in [-0.2, 0) is 16.1 Å². The second-order valence-electron chi connectivity index (χ2n) is 5.22. The molecule has 116 valence electrons. The molecule has 0 aliphatic rings. The Kier molecular flexibility index (Phi) is 6.14. The quantitative estimate of drug-likeness (QED) is 0.670. The van der Waals surface area contributed by atoms with E-state index in [2.05, 4.69) is 5.32 Å². The van der Waals surface area contributed by atoms with E-state index in [0.717, 1.165) is 0 Å². The van der Waals surface area contributed by atoms with Crippen molar-refractivity contribution in [3.8, 4) is 5.75 Å². The number of esters is 1. The average molecular weight is 297 g/mol.